The first-order valence-electron chi connectivity index (χ1n) is 16.9. The van der Waals surface area contributed by atoms with Crippen LogP contribution >= 0.6 is 23.2 Å². The van der Waals surface area contributed by atoms with Crippen LogP contribution < -0.4 is 21.5 Å². The molecule has 0 fully saturated rings. The molecule has 0 saturated heterocycles. The van der Waals surface area contributed by atoms with Crippen LogP contribution in [0.25, 0.3) is 22.4 Å². The molecule has 0 radical (unpaired) electrons. The first-order valence-corrected chi connectivity index (χ1v) is 17.7. The van der Waals surface area contributed by atoms with E-state index >= 15 is 0 Å². The molecule has 4 aromatic rings. The molecular formula is C37H45Cl2N7O4. The number of aliphatic hydroxyl groups is 1. The Balaban J connectivity index is 1.31. The minimum atomic E-state index is -0.690. The summed E-state index contributed by atoms with van der Waals surface area (Å²) in [6.45, 7) is 4.71. The second-order valence-corrected chi connectivity index (χ2v) is 12.9. The van der Waals surface area contributed by atoms with Crippen molar-refractivity contribution in [2.75, 3.05) is 43.9 Å². The summed E-state index contributed by atoms with van der Waals surface area (Å²) in [5.41, 5.74) is 4.07. The molecule has 0 atom stereocenters. The highest BCUT2D eigenvalue weighted by Gasteiger charge is 2.15. The van der Waals surface area contributed by atoms with Crippen LogP contribution in [-0.2, 0) is 17.8 Å². The number of anilines is 2. The summed E-state index contributed by atoms with van der Waals surface area (Å²) in [6, 6.07) is 16.7. The van der Waals surface area contributed by atoms with Crippen molar-refractivity contribution in [3.05, 3.63) is 93.0 Å². The van der Waals surface area contributed by atoms with E-state index in [4.69, 9.17) is 28.3 Å². The molecule has 0 aliphatic carbocycles. The molecule has 2 aromatic carbocycles. The number of hydrogen-bond acceptors (Lipinski definition) is 7. The Hall–Kier alpha value is -4.29. The predicted molar refractivity (Wildman–Crippen MR) is 201 cm³/mol. The van der Waals surface area contributed by atoms with Crippen LogP contribution in [-0.4, -0.2) is 70.0 Å². The first-order chi connectivity index (χ1) is 24.2. The van der Waals surface area contributed by atoms with Gasteiger partial charge in [-0.25, -0.2) is 9.48 Å². The minimum absolute atomic E-state index is 0.0453. The molecule has 4 N–H and O–H groups in total. The van der Waals surface area contributed by atoms with E-state index in [0.29, 0.717) is 31.6 Å². The highest BCUT2D eigenvalue weighted by Crippen LogP contribution is 2.29. The van der Waals surface area contributed by atoms with Gasteiger partial charge in [-0.1, -0.05) is 84.9 Å². The van der Waals surface area contributed by atoms with Gasteiger partial charge in [-0.15, -0.1) is 0 Å². The zero-order valence-electron chi connectivity index (χ0n) is 28.6. The van der Waals surface area contributed by atoms with Gasteiger partial charge in [-0.2, -0.15) is 5.10 Å². The number of benzene rings is 2. The van der Waals surface area contributed by atoms with Crippen molar-refractivity contribution < 1.29 is 14.7 Å². The molecule has 0 unspecified atom stereocenters. The van der Waals surface area contributed by atoms with Gasteiger partial charge in [-0.3, -0.25) is 14.6 Å². The lowest BCUT2D eigenvalue weighted by molar-refractivity contribution is -0.121. The highest BCUT2D eigenvalue weighted by molar-refractivity contribution is 6.39. The largest absolute Gasteiger partial charge is 0.395 e. The van der Waals surface area contributed by atoms with Crippen LogP contribution in [0.4, 0.5) is 16.2 Å². The topological polar surface area (TPSA) is 141 Å². The number of nitrogens with zero attached hydrogens (tertiary/aromatic N) is 4. The average Bonchev–Trinajstić information content (AvgIpc) is 3.11. The number of aliphatic hydroxyl groups excluding tert-OH is 1. The van der Waals surface area contributed by atoms with Crippen molar-refractivity contribution >= 4 is 46.5 Å². The zero-order valence-corrected chi connectivity index (χ0v) is 30.1. The minimum Gasteiger partial charge on any atom is -0.395 e. The van der Waals surface area contributed by atoms with Crippen LogP contribution in [0.2, 0.25) is 10.0 Å². The summed E-state index contributed by atoms with van der Waals surface area (Å²) >= 11 is 12.2. The zero-order chi connectivity index (χ0) is 35.9. The fraction of sp³-hybridized carbons (Fsp3) is 0.378. The summed E-state index contributed by atoms with van der Waals surface area (Å²) in [5, 5.41) is 22.0. The van der Waals surface area contributed by atoms with E-state index in [1.54, 1.807) is 13.0 Å². The molecule has 13 heteroatoms. The van der Waals surface area contributed by atoms with Crippen molar-refractivity contribution in [3.63, 3.8) is 0 Å². The SMILES string of the molecule is CCn1nc(-c2cccc(-c3ccc(CCC(=O)NCCCCCCCN(C)CCO)cc3)c2)cc(NC(=O)Nc2c(Cl)cncc2Cl)c1=O. The van der Waals surface area contributed by atoms with Gasteiger partial charge >= 0.3 is 6.03 Å². The number of nitrogens with one attached hydrogen (secondary N) is 3. The number of carbonyl (C=O) groups is 2. The van der Waals surface area contributed by atoms with Crippen molar-refractivity contribution in [1.29, 1.82) is 0 Å². The molecular weight excluding hydrogens is 677 g/mol. The van der Waals surface area contributed by atoms with Gasteiger partial charge in [0.1, 0.15) is 5.69 Å². The van der Waals surface area contributed by atoms with Gasteiger partial charge in [0.05, 0.1) is 28.0 Å². The molecule has 2 aromatic heterocycles. The van der Waals surface area contributed by atoms with Crippen molar-refractivity contribution in [1.82, 2.24) is 25.0 Å². The molecule has 3 amide bonds. The molecule has 0 saturated carbocycles. The maximum atomic E-state index is 13.0. The lowest BCUT2D eigenvalue weighted by Crippen LogP contribution is -2.29. The number of pyridine rings is 1. The van der Waals surface area contributed by atoms with E-state index in [2.05, 4.69) is 30.9 Å². The Morgan fingerprint density at radius 2 is 1.58 bits per heavy atom. The van der Waals surface area contributed by atoms with Gasteiger partial charge in [-0.05, 0) is 68.6 Å². The molecule has 11 nitrogen and oxygen atoms in total. The summed E-state index contributed by atoms with van der Waals surface area (Å²) in [5.74, 6) is 0.0598. The van der Waals surface area contributed by atoms with Crippen molar-refractivity contribution in [2.24, 2.45) is 0 Å². The number of amides is 3. The van der Waals surface area contributed by atoms with E-state index in [-0.39, 0.29) is 33.9 Å². The predicted octanol–water partition coefficient (Wildman–Crippen LogP) is 6.87. The molecule has 266 valence electrons. The number of hydrogen-bond donors (Lipinski definition) is 4. The quantitative estimate of drug-likeness (QED) is 0.0822. The van der Waals surface area contributed by atoms with Crippen LogP contribution in [0.5, 0.6) is 0 Å². The van der Waals surface area contributed by atoms with Crippen molar-refractivity contribution in [2.45, 2.75) is 58.4 Å². The normalized spacial score (nSPS) is 11.1. The molecule has 0 bridgehead atoms. The number of aryl methyl sites for hydroxylation is 2. The van der Waals surface area contributed by atoms with Gasteiger partial charge < -0.3 is 26.0 Å². The smallest absolute Gasteiger partial charge is 0.323 e. The Morgan fingerprint density at radius 1 is 0.880 bits per heavy atom. The molecule has 0 spiro atoms. The molecule has 50 heavy (non-hydrogen) atoms. The number of halogens is 2. The highest BCUT2D eigenvalue weighted by atomic mass is 35.5. The van der Waals surface area contributed by atoms with Crippen LogP contribution in [0, 0.1) is 0 Å². The fourth-order valence-corrected chi connectivity index (χ4v) is 5.86. The Labute approximate surface area is 303 Å². The second kappa shape index (κ2) is 19.8. The molecule has 4 rings (SSSR count). The van der Waals surface area contributed by atoms with E-state index in [1.807, 2.05) is 55.6 Å². The second-order valence-electron chi connectivity index (χ2n) is 12.0. The third kappa shape index (κ3) is 11.7. The number of unbranched alkanes of at least 4 members (excludes halogenated alkanes) is 4. The molecule has 2 heterocycles. The average molecular weight is 723 g/mol. The maximum Gasteiger partial charge on any atom is 0.323 e. The van der Waals surface area contributed by atoms with Crippen LogP contribution in [0.15, 0.2) is 71.8 Å². The van der Waals surface area contributed by atoms with E-state index in [0.717, 1.165) is 67.4 Å². The van der Waals surface area contributed by atoms with Crippen LogP contribution in [0.3, 0.4) is 0 Å². The number of aromatic nitrogens is 3. The standard InChI is InChI=1S/C37H45Cl2N7O4/c1-3-46-36(49)33(42-37(50)43-35-30(38)24-40-25-31(35)39)23-32(44-46)29-11-9-10-28(22-29)27-15-12-26(13-16-27)14-17-34(48)41-18-7-5-4-6-8-19-45(2)20-21-47/h9-13,15-16,22-25,47H,3-8,14,17-21H2,1-2H3,(H,41,48)(H2,40,42,43,50). The number of likely N-dealkylation sites (N-methyl/N-ethyl adjacent to an activating group) is 1. The first kappa shape index (κ1) is 38.5. The number of urea groups is 1. The monoisotopic (exact) mass is 721 g/mol. The van der Waals surface area contributed by atoms with E-state index < -0.39 is 11.6 Å². The molecule has 0 aliphatic rings. The maximum absolute atomic E-state index is 13.0. The Morgan fingerprint density at radius 3 is 2.30 bits per heavy atom. The third-order valence-corrected chi connectivity index (χ3v) is 8.79. The third-order valence-electron chi connectivity index (χ3n) is 8.22. The van der Waals surface area contributed by atoms with Gasteiger partial charge in [0.15, 0.2) is 0 Å². The number of carbonyl (C=O) groups excluding carboxylic acids is 2. The van der Waals surface area contributed by atoms with Gasteiger partial charge in [0.2, 0.25) is 5.91 Å². The van der Waals surface area contributed by atoms with Gasteiger partial charge in [0, 0.05) is 44.0 Å². The summed E-state index contributed by atoms with van der Waals surface area (Å²) in [6.07, 6.45) is 9.30. The lowest BCUT2D eigenvalue weighted by atomic mass is 9.99. The Bertz CT molecular complexity index is 1760. The summed E-state index contributed by atoms with van der Waals surface area (Å²) < 4.78 is 1.29. The number of rotatable bonds is 18. The van der Waals surface area contributed by atoms with E-state index in [9.17, 15) is 14.4 Å². The van der Waals surface area contributed by atoms with Gasteiger partial charge in [0.25, 0.3) is 5.56 Å². The summed E-state index contributed by atoms with van der Waals surface area (Å²) in [7, 11) is 2.03. The Kier molecular flexibility index (Phi) is 15.2. The van der Waals surface area contributed by atoms with Crippen LogP contribution in [0.1, 0.15) is 51.0 Å². The van der Waals surface area contributed by atoms with Crippen molar-refractivity contribution in [3.8, 4) is 22.4 Å². The lowest BCUT2D eigenvalue weighted by Gasteiger charge is -2.14. The van der Waals surface area contributed by atoms with E-state index in [1.165, 1.54) is 17.1 Å². The fourth-order valence-electron chi connectivity index (χ4n) is 5.40. The summed E-state index contributed by atoms with van der Waals surface area (Å²) in [4.78, 5) is 44.3. The molecule has 0 aliphatic heterocycles.